The summed E-state index contributed by atoms with van der Waals surface area (Å²) in [7, 11) is 1.46. The fourth-order valence-corrected chi connectivity index (χ4v) is 7.58. The zero-order valence-corrected chi connectivity index (χ0v) is 14.0. The van der Waals surface area contributed by atoms with Crippen molar-refractivity contribution in [2.75, 3.05) is 13.8 Å². The molecular weight excluding hydrogens is 370 g/mol. The molecule has 0 aliphatic heterocycles. The van der Waals surface area contributed by atoms with E-state index in [0.29, 0.717) is 0 Å². The van der Waals surface area contributed by atoms with Gasteiger partial charge in [0.05, 0.1) is 0 Å². The van der Waals surface area contributed by atoms with Crippen molar-refractivity contribution in [3.63, 3.8) is 0 Å². The molecule has 0 heterocycles. The van der Waals surface area contributed by atoms with Crippen molar-refractivity contribution < 1.29 is 9.53 Å². The van der Waals surface area contributed by atoms with Crippen LogP contribution in [-0.2, 0) is 4.74 Å². The standard InChI is InChI=1S/C15H16IO2P/c1-18-15(17)19(2,16,13-9-5-3-6-10-13)14-11-7-4-8-12-14/h3-12H,1-2H3. The Balaban J connectivity index is 2.75. The van der Waals surface area contributed by atoms with Gasteiger partial charge in [0.1, 0.15) is 0 Å². The summed E-state index contributed by atoms with van der Waals surface area (Å²) in [6, 6.07) is 19.8. The number of halogens is 1. The molecule has 2 aromatic rings. The average molecular weight is 386 g/mol. The average Bonchev–Trinajstić information content (AvgIpc) is 2.48. The second-order valence-electron chi connectivity index (χ2n) is 4.57. The van der Waals surface area contributed by atoms with E-state index in [-0.39, 0.29) is 5.71 Å². The summed E-state index contributed by atoms with van der Waals surface area (Å²) in [6.07, 6.45) is 0. The number of rotatable bonds is 3. The zero-order chi connectivity index (χ0) is 14.0. The van der Waals surface area contributed by atoms with Gasteiger partial charge in [-0.1, -0.05) is 0 Å². The van der Waals surface area contributed by atoms with E-state index >= 15 is 0 Å². The number of methoxy groups -OCH3 is 1. The first-order valence-electron chi connectivity index (χ1n) is 5.92. The molecule has 0 aromatic heterocycles. The molecule has 0 bridgehead atoms. The Morgan fingerprint density at radius 3 is 1.63 bits per heavy atom. The Labute approximate surface area is 126 Å². The van der Waals surface area contributed by atoms with E-state index < -0.39 is 4.25 Å². The first-order chi connectivity index (χ1) is 8.99. The molecule has 0 aliphatic carbocycles. The maximum absolute atomic E-state index is 12.6. The van der Waals surface area contributed by atoms with E-state index in [1.54, 1.807) is 0 Å². The van der Waals surface area contributed by atoms with Crippen LogP contribution in [-0.4, -0.2) is 19.5 Å². The van der Waals surface area contributed by atoms with Crippen LogP contribution in [0.5, 0.6) is 0 Å². The molecule has 0 radical (unpaired) electrons. The fourth-order valence-electron chi connectivity index (χ4n) is 2.14. The topological polar surface area (TPSA) is 26.3 Å². The maximum atomic E-state index is 12.6. The fraction of sp³-hybridized carbons (Fsp3) is 0.133. The van der Waals surface area contributed by atoms with Crippen LogP contribution in [0, 0.1) is 0 Å². The second kappa shape index (κ2) is 5.22. The summed E-state index contributed by atoms with van der Waals surface area (Å²) >= 11 is 2.32. The molecule has 100 valence electrons. The van der Waals surface area contributed by atoms with Crippen LogP contribution in [0.25, 0.3) is 0 Å². The minimum absolute atomic E-state index is 0.149. The van der Waals surface area contributed by atoms with Crippen molar-refractivity contribution >= 4 is 42.6 Å². The summed E-state index contributed by atoms with van der Waals surface area (Å²) in [6.45, 7) is 2.03. The number of hydrogen-bond donors (Lipinski definition) is 0. The molecular formula is C15H16IO2P. The Morgan fingerprint density at radius 1 is 0.947 bits per heavy atom. The van der Waals surface area contributed by atoms with Gasteiger partial charge in [0, 0.05) is 0 Å². The van der Waals surface area contributed by atoms with Crippen LogP contribution >= 0.6 is 26.3 Å². The van der Waals surface area contributed by atoms with E-state index in [1.807, 2.05) is 67.3 Å². The van der Waals surface area contributed by atoms with E-state index in [2.05, 4.69) is 22.0 Å². The van der Waals surface area contributed by atoms with Gasteiger partial charge in [0.25, 0.3) is 0 Å². The van der Waals surface area contributed by atoms with Gasteiger partial charge in [-0.3, -0.25) is 0 Å². The zero-order valence-electron chi connectivity index (χ0n) is 10.9. The predicted molar refractivity (Wildman–Crippen MR) is 91.4 cm³/mol. The first kappa shape index (κ1) is 14.5. The third-order valence-corrected chi connectivity index (χ3v) is 12.0. The van der Waals surface area contributed by atoms with Crippen molar-refractivity contribution in [2.24, 2.45) is 0 Å². The van der Waals surface area contributed by atoms with Gasteiger partial charge in [-0.25, -0.2) is 0 Å². The van der Waals surface area contributed by atoms with Gasteiger partial charge in [0.15, 0.2) is 0 Å². The summed E-state index contributed by atoms with van der Waals surface area (Å²) in [4.78, 5) is 12.6. The van der Waals surface area contributed by atoms with E-state index in [4.69, 9.17) is 4.74 Å². The van der Waals surface area contributed by atoms with Crippen LogP contribution in [0.15, 0.2) is 60.7 Å². The second-order valence-corrected chi connectivity index (χ2v) is 16.1. The van der Waals surface area contributed by atoms with Crippen molar-refractivity contribution in [1.82, 2.24) is 0 Å². The number of carbonyl (C=O) groups is 1. The molecule has 2 rings (SSSR count). The molecule has 0 aliphatic rings. The third-order valence-electron chi connectivity index (χ3n) is 3.35. The van der Waals surface area contributed by atoms with Gasteiger partial charge >= 0.3 is 127 Å². The van der Waals surface area contributed by atoms with Crippen molar-refractivity contribution in [3.05, 3.63) is 60.7 Å². The molecule has 2 aromatic carbocycles. The number of carbonyl (C=O) groups excluding carboxylic acids is 1. The molecule has 19 heavy (non-hydrogen) atoms. The Hall–Kier alpha value is -0.930. The number of benzene rings is 2. The Bertz CT molecular complexity index is 538. The van der Waals surface area contributed by atoms with Crippen LogP contribution < -0.4 is 10.6 Å². The molecule has 0 N–H and O–H groups in total. The van der Waals surface area contributed by atoms with Gasteiger partial charge in [0.2, 0.25) is 0 Å². The Kier molecular flexibility index (Phi) is 3.98. The van der Waals surface area contributed by atoms with Gasteiger partial charge in [-0.05, 0) is 0 Å². The normalized spacial score (nSPS) is 13.3. The molecule has 0 unspecified atom stereocenters. The van der Waals surface area contributed by atoms with E-state index in [9.17, 15) is 4.79 Å². The van der Waals surface area contributed by atoms with E-state index in [1.165, 1.54) is 7.11 Å². The van der Waals surface area contributed by atoms with Crippen LogP contribution in [0.2, 0.25) is 0 Å². The van der Waals surface area contributed by atoms with Gasteiger partial charge in [-0.15, -0.1) is 0 Å². The number of ether oxygens (including phenoxy) is 1. The van der Waals surface area contributed by atoms with Crippen molar-refractivity contribution in [2.45, 2.75) is 0 Å². The molecule has 4 heteroatoms. The monoisotopic (exact) mass is 386 g/mol. The van der Waals surface area contributed by atoms with Crippen LogP contribution in [0.1, 0.15) is 0 Å². The molecule has 0 atom stereocenters. The SMILES string of the molecule is COC(=O)P(C)(I)(c1ccccc1)c1ccccc1. The van der Waals surface area contributed by atoms with Crippen LogP contribution in [0.4, 0.5) is 4.79 Å². The number of hydrogen-bond acceptors (Lipinski definition) is 2. The third kappa shape index (κ3) is 2.30. The van der Waals surface area contributed by atoms with Gasteiger partial charge in [-0.2, -0.15) is 0 Å². The summed E-state index contributed by atoms with van der Waals surface area (Å²) in [5.41, 5.74) is -0.149. The minimum atomic E-state index is -2.99. The summed E-state index contributed by atoms with van der Waals surface area (Å²) < 4.78 is 2.15. The van der Waals surface area contributed by atoms with E-state index in [0.717, 1.165) is 10.6 Å². The summed E-state index contributed by atoms with van der Waals surface area (Å²) in [5, 5.41) is 2.07. The molecule has 0 fully saturated rings. The van der Waals surface area contributed by atoms with Gasteiger partial charge < -0.3 is 0 Å². The Morgan fingerprint density at radius 2 is 1.32 bits per heavy atom. The molecule has 0 spiro atoms. The molecule has 0 saturated carbocycles. The predicted octanol–water partition coefficient (Wildman–Crippen LogP) is 3.94. The summed E-state index contributed by atoms with van der Waals surface area (Å²) in [5.74, 6) is 0. The molecule has 0 saturated heterocycles. The van der Waals surface area contributed by atoms with Crippen molar-refractivity contribution in [1.29, 1.82) is 0 Å². The van der Waals surface area contributed by atoms with Crippen molar-refractivity contribution in [3.8, 4) is 0 Å². The quantitative estimate of drug-likeness (QED) is 0.590. The molecule has 2 nitrogen and oxygen atoms in total. The molecule has 0 amide bonds. The first-order valence-corrected chi connectivity index (χ1v) is 11.4. The van der Waals surface area contributed by atoms with Crippen LogP contribution in [0.3, 0.4) is 0 Å².